The molecule has 9 rings (SSSR count). The Kier molecular flexibility index (Phi) is 4.80. The first-order valence-electron chi connectivity index (χ1n) is 15.3. The van der Waals surface area contributed by atoms with Crippen molar-refractivity contribution in [3.05, 3.63) is 59.6 Å². The van der Waals surface area contributed by atoms with Gasteiger partial charge in [-0.2, -0.15) is 0 Å². The summed E-state index contributed by atoms with van der Waals surface area (Å²) in [6, 6.07) is 8.45. The van der Waals surface area contributed by atoms with Gasteiger partial charge in [0.1, 0.15) is 18.1 Å². The van der Waals surface area contributed by atoms with Crippen molar-refractivity contribution in [2.45, 2.75) is 81.8 Å². The van der Waals surface area contributed by atoms with Crippen molar-refractivity contribution in [1.29, 1.82) is 0 Å². The van der Waals surface area contributed by atoms with Crippen LogP contribution in [0.4, 0.5) is 11.5 Å². The monoisotopic (exact) mass is 552 g/mol. The number of aromatic nitrogens is 2. The Balaban J connectivity index is 0.943. The Hall–Kier alpha value is -3.10. The molecule has 212 valence electrons. The zero-order chi connectivity index (χ0) is 27.7. The minimum absolute atomic E-state index is 0.0628. The number of benzene rings is 1. The summed E-state index contributed by atoms with van der Waals surface area (Å²) in [5.41, 5.74) is 4.58. The molecule has 0 amide bonds. The average molecular weight is 553 g/mol. The van der Waals surface area contributed by atoms with Crippen molar-refractivity contribution in [2.24, 2.45) is 40.0 Å². The summed E-state index contributed by atoms with van der Waals surface area (Å²) >= 11 is 0. The standard InChI is InChI=1S/C33H36N4O4/c1-17-25-27(41-31(17)12-19-6-3-4-7-20(19)13-31)24(40-28(25)30(38)39)8-5-9-34-26-18(2)35-16-36-29(26)37-32-14-22-10-21-11-23(15-32)33(21,22)32/h3-9,16-17,21-25,27-28H,10-15H2,1-2H3,(H,38,39)(H,35,36,37). The van der Waals surface area contributed by atoms with Crippen molar-refractivity contribution in [1.82, 2.24) is 9.97 Å². The number of hydrogen-bond acceptors (Lipinski definition) is 7. The number of nitrogens with one attached hydrogen (secondary N) is 1. The van der Waals surface area contributed by atoms with E-state index >= 15 is 0 Å². The molecule has 2 spiro atoms. The zero-order valence-corrected chi connectivity index (χ0v) is 23.5. The number of aliphatic imine (C=N–C) groups is 1. The number of carboxylic acid groups (broad SMARTS) is 1. The fourth-order valence-electron chi connectivity index (χ4n) is 10.9. The predicted molar refractivity (Wildman–Crippen MR) is 152 cm³/mol. The van der Waals surface area contributed by atoms with Gasteiger partial charge in [0.05, 0.1) is 17.4 Å². The Bertz CT molecular complexity index is 1480. The first-order valence-corrected chi connectivity index (χ1v) is 15.3. The lowest BCUT2D eigenvalue weighted by molar-refractivity contribution is -0.379. The van der Waals surface area contributed by atoms with Crippen LogP contribution >= 0.6 is 0 Å². The van der Waals surface area contributed by atoms with Crippen molar-refractivity contribution in [2.75, 3.05) is 5.32 Å². The summed E-state index contributed by atoms with van der Waals surface area (Å²) in [5.74, 6) is 2.50. The third kappa shape index (κ3) is 2.93. The molecule has 0 bridgehead atoms. The first kappa shape index (κ1) is 24.5. The van der Waals surface area contributed by atoms with E-state index in [2.05, 4.69) is 46.5 Å². The second kappa shape index (κ2) is 8.04. The van der Waals surface area contributed by atoms with Gasteiger partial charge in [0.2, 0.25) is 0 Å². The smallest absolute Gasteiger partial charge is 0.333 e. The number of fused-ring (bicyclic) bond motifs is 2. The fourth-order valence-corrected chi connectivity index (χ4v) is 10.9. The van der Waals surface area contributed by atoms with Crippen LogP contribution < -0.4 is 5.32 Å². The summed E-state index contributed by atoms with van der Waals surface area (Å²) in [6.07, 6.45) is 12.5. The molecule has 6 fully saturated rings. The largest absolute Gasteiger partial charge is 0.479 e. The number of ether oxygens (including phenoxy) is 2. The molecule has 7 atom stereocenters. The summed E-state index contributed by atoms with van der Waals surface area (Å²) in [7, 11) is 0. The minimum Gasteiger partial charge on any atom is -0.479 e. The third-order valence-electron chi connectivity index (χ3n) is 12.6. The van der Waals surface area contributed by atoms with Crippen LogP contribution in [-0.2, 0) is 27.1 Å². The van der Waals surface area contributed by atoms with E-state index in [1.807, 2.05) is 19.1 Å². The van der Waals surface area contributed by atoms with Crippen LogP contribution in [-0.4, -0.2) is 56.7 Å². The molecule has 2 aliphatic heterocycles. The summed E-state index contributed by atoms with van der Waals surface area (Å²) in [5, 5.41) is 13.9. The lowest BCUT2D eigenvalue weighted by Crippen LogP contribution is -2.91. The molecule has 1 aromatic heterocycles. The van der Waals surface area contributed by atoms with Gasteiger partial charge >= 0.3 is 5.97 Å². The second-order valence-corrected chi connectivity index (χ2v) is 13.9. The Morgan fingerprint density at radius 3 is 2.51 bits per heavy atom. The van der Waals surface area contributed by atoms with Crippen LogP contribution in [0.1, 0.15) is 49.4 Å². The van der Waals surface area contributed by atoms with Crippen molar-refractivity contribution in [3.8, 4) is 0 Å². The minimum atomic E-state index is -0.921. The lowest BCUT2D eigenvalue weighted by Gasteiger charge is -2.91. The normalized spacial score (nSPS) is 43.5. The Morgan fingerprint density at radius 2 is 1.85 bits per heavy atom. The van der Waals surface area contributed by atoms with Gasteiger partial charge in [-0.05, 0) is 73.5 Å². The number of allylic oxidation sites excluding steroid dienone is 1. The molecule has 7 unspecified atom stereocenters. The zero-order valence-electron chi connectivity index (χ0n) is 23.5. The van der Waals surface area contributed by atoms with Gasteiger partial charge in [0.25, 0.3) is 0 Å². The maximum Gasteiger partial charge on any atom is 0.333 e. The van der Waals surface area contributed by atoms with Gasteiger partial charge in [-0.1, -0.05) is 37.3 Å². The van der Waals surface area contributed by atoms with E-state index in [1.165, 1.54) is 36.8 Å². The third-order valence-corrected chi connectivity index (χ3v) is 12.6. The molecule has 3 heterocycles. The van der Waals surface area contributed by atoms with Gasteiger partial charge in [-0.15, -0.1) is 0 Å². The maximum atomic E-state index is 12.2. The molecule has 1 aromatic carbocycles. The number of anilines is 1. The van der Waals surface area contributed by atoms with E-state index in [-0.39, 0.29) is 29.1 Å². The molecule has 4 saturated carbocycles. The quantitative estimate of drug-likeness (QED) is 0.501. The topological polar surface area (TPSA) is 106 Å². The highest BCUT2D eigenvalue weighted by Crippen LogP contribution is 2.89. The summed E-state index contributed by atoms with van der Waals surface area (Å²) < 4.78 is 12.9. The Morgan fingerprint density at radius 1 is 1.12 bits per heavy atom. The van der Waals surface area contributed by atoms with Gasteiger partial charge in [0, 0.05) is 35.9 Å². The molecule has 0 radical (unpaired) electrons. The van der Waals surface area contributed by atoms with Gasteiger partial charge in [-0.25, -0.2) is 14.8 Å². The highest BCUT2D eigenvalue weighted by Gasteiger charge is 2.88. The highest BCUT2D eigenvalue weighted by atomic mass is 16.6. The van der Waals surface area contributed by atoms with E-state index in [0.717, 1.165) is 47.8 Å². The number of hydrogen-bond donors (Lipinski definition) is 2. The molecule has 8 heteroatoms. The summed E-state index contributed by atoms with van der Waals surface area (Å²) in [4.78, 5) is 26.1. The van der Waals surface area contributed by atoms with Gasteiger partial charge < -0.3 is 19.9 Å². The van der Waals surface area contributed by atoms with Crippen LogP contribution in [0, 0.1) is 41.9 Å². The number of rotatable bonds is 6. The lowest BCUT2D eigenvalue weighted by atomic mass is 9.15. The molecule has 41 heavy (non-hydrogen) atoms. The number of aliphatic carboxylic acids is 1. The highest BCUT2D eigenvalue weighted by molar-refractivity contribution is 5.79. The van der Waals surface area contributed by atoms with E-state index < -0.39 is 18.2 Å². The first-order chi connectivity index (χ1) is 19.9. The SMILES string of the molecule is Cc1ncnc(NC23CC4CC5CC(C2)C543)c1N=CC=CC1OC(C(=O)O)C2C1OC1(Cc3ccccc3C1)C2C. The molecule has 2 saturated heterocycles. The van der Waals surface area contributed by atoms with Crippen molar-refractivity contribution >= 4 is 23.7 Å². The van der Waals surface area contributed by atoms with Crippen LogP contribution in [0.15, 0.2) is 47.7 Å². The van der Waals surface area contributed by atoms with E-state index in [4.69, 9.17) is 14.5 Å². The molecule has 7 aliphatic rings. The fraction of sp³-hybridized carbons (Fsp3) is 0.576. The van der Waals surface area contributed by atoms with Crippen LogP contribution in [0.25, 0.3) is 0 Å². The number of carboxylic acids is 1. The maximum absolute atomic E-state index is 12.2. The van der Waals surface area contributed by atoms with E-state index in [1.54, 1.807) is 12.5 Å². The molecule has 2 aromatic rings. The number of carbonyl (C=O) groups is 1. The predicted octanol–water partition coefficient (Wildman–Crippen LogP) is 4.68. The molecular weight excluding hydrogens is 516 g/mol. The molecule has 8 nitrogen and oxygen atoms in total. The number of nitrogens with zero attached hydrogens (tertiary/aromatic N) is 3. The molecule has 2 N–H and O–H groups in total. The van der Waals surface area contributed by atoms with Crippen LogP contribution in [0.3, 0.4) is 0 Å². The van der Waals surface area contributed by atoms with E-state index in [9.17, 15) is 9.90 Å². The van der Waals surface area contributed by atoms with Crippen molar-refractivity contribution in [3.63, 3.8) is 0 Å². The van der Waals surface area contributed by atoms with E-state index in [0.29, 0.717) is 5.41 Å². The van der Waals surface area contributed by atoms with Crippen LogP contribution in [0.2, 0.25) is 0 Å². The number of aryl methyl sites for hydroxylation is 1. The molecular formula is C33H36N4O4. The van der Waals surface area contributed by atoms with Crippen LogP contribution in [0.5, 0.6) is 0 Å². The second-order valence-electron chi connectivity index (χ2n) is 13.9. The Labute approximate surface area is 239 Å². The van der Waals surface area contributed by atoms with Gasteiger partial charge in [-0.3, -0.25) is 4.99 Å². The van der Waals surface area contributed by atoms with Crippen molar-refractivity contribution < 1.29 is 19.4 Å². The summed E-state index contributed by atoms with van der Waals surface area (Å²) in [6.45, 7) is 4.11. The van der Waals surface area contributed by atoms with Gasteiger partial charge in [0.15, 0.2) is 11.9 Å². The average Bonchev–Trinajstić information content (AvgIpc) is 3.54. The molecule has 5 aliphatic carbocycles.